The van der Waals surface area contributed by atoms with E-state index in [1.165, 1.54) is 7.05 Å². The number of hydrogen-bond donors (Lipinski definition) is 3. The van der Waals surface area contributed by atoms with Crippen LogP contribution in [0.4, 0.5) is 0 Å². The van der Waals surface area contributed by atoms with Gasteiger partial charge >= 0.3 is 0 Å². The molecule has 12 heavy (non-hydrogen) atoms. The molecule has 0 aliphatic rings. The minimum atomic E-state index is -0.533. The van der Waals surface area contributed by atoms with Crippen molar-refractivity contribution in [2.75, 3.05) is 7.05 Å². The highest BCUT2D eigenvalue weighted by molar-refractivity contribution is 5.81. The Morgan fingerprint density at radius 1 is 1.50 bits per heavy atom. The molecule has 0 radical (unpaired) electrons. The molecule has 0 aliphatic heterocycles. The minimum absolute atomic E-state index is 0.209. The van der Waals surface area contributed by atoms with Gasteiger partial charge in [0.2, 0.25) is 11.8 Å². The second kappa shape index (κ2) is 5.54. The quantitative estimate of drug-likeness (QED) is 0.482. The maximum Gasteiger partial charge on any atom is 0.236 e. The van der Waals surface area contributed by atoms with Crippen LogP contribution in [0.1, 0.15) is 19.3 Å². The van der Waals surface area contributed by atoms with E-state index in [9.17, 15) is 9.59 Å². The fourth-order valence-electron chi connectivity index (χ4n) is 0.813. The molecule has 5 nitrogen and oxygen atoms in total. The molecular formula is C7H15N3O2. The van der Waals surface area contributed by atoms with E-state index in [0.717, 1.165) is 0 Å². The Kier molecular flexibility index (Phi) is 5.03. The van der Waals surface area contributed by atoms with Gasteiger partial charge in [0.25, 0.3) is 0 Å². The lowest BCUT2D eigenvalue weighted by Crippen LogP contribution is -2.38. The van der Waals surface area contributed by atoms with Gasteiger partial charge in [0.1, 0.15) is 0 Å². The van der Waals surface area contributed by atoms with Crippen LogP contribution in [0.25, 0.3) is 0 Å². The van der Waals surface area contributed by atoms with E-state index in [-0.39, 0.29) is 18.2 Å². The van der Waals surface area contributed by atoms with E-state index in [1.54, 1.807) is 0 Å². The van der Waals surface area contributed by atoms with E-state index in [0.29, 0.717) is 12.8 Å². The molecule has 0 bridgehead atoms. The van der Waals surface area contributed by atoms with Crippen LogP contribution in [0.2, 0.25) is 0 Å². The van der Waals surface area contributed by atoms with Crippen molar-refractivity contribution >= 4 is 11.8 Å². The maximum absolute atomic E-state index is 10.8. The zero-order chi connectivity index (χ0) is 9.56. The first-order valence-electron chi connectivity index (χ1n) is 3.83. The van der Waals surface area contributed by atoms with Crippen LogP contribution in [-0.2, 0) is 9.59 Å². The first kappa shape index (κ1) is 10.9. The van der Waals surface area contributed by atoms with E-state index in [4.69, 9.17) is 11.5 Å². The van der Waals surface area contributed by atoms with Crippen LogP contribution >= 0.6 is 0 Å². The fourth-order valence-corrected chi connectivity index (χ4v) is 0.813. The Morgan fingerprint density at radius 3 is 2.50 bits per heavy atom. The van der Waals surface area contributed by atoms with Crippen LogP contribution in [0.15, 0.2) is 0 Å². The van der Waals surface area contributed by atoms with E-state index in [2.05, 4.69) is 5.32 Å². The van der Waals surface area contributed by atoms with Crippen LogP contribution in [0.5, 0.6) is 0 Å². The van der Waals surface area contributed by atoms with Gasteiger partial charge < -0.3 is 16.8 Å². The molecule has 0 aromatic rings. The SMILES string of the molecule is CNC(=O)C(N)CCCC(N)=O. The predicted octanol–water partition coefficient (Wildman–Crippen LogP) is -1.28. The molecule has 0 saturated heterocycles. The average molecular weight is 173 g/mol. The van der Waals surface area contributed by atoms with Crippen LogP contribution in [0, 0.1) is 0 Å². The van der Waals surface area contributed by atoms with Crippen molar-refractivity contribution in [2.24, 2.45) is 11.5 Å². The summed E-state index contributed by atoms with van der Waals surface area (Å²) in [6, 6.07) is -0.533. The molecule has 1 unspecified atom stereocenters. The summed E-state index contributed by atoms with van der Waals surface area (Å²) in [6.07, 6.45) is 1.33. The standard InChI is InChI=1S/C7H15N3O2/c1-10-7(12)5(8)3-2-4-6(9)11/h5H,2-4,8H2,1H3,(H2,9,11)(H,10,12). The third-order valence-electron chi connectivity index (χ3n) is 1.52. The third-order valence-corrected chi connectivity index (χ3v) is 1.52. The number of carbonyl (C=O) groups is 2. The molecule has 2 amide bonds. The lowest BCUT2D eigenvalue weighted by atomic mass is 10.1. The number of rotatable bonds is 5. The second-order valence-corrected chi connectivity index (χ2v) is 2.58. The van der Waals surface area contributed by atoms with Gasteiger partial charge in [-0.15, -0.1) is 0 Å². The molecule has 5 N–H and O–H groups in total. The molecule has 0 spiro atoms. The van der Waals surface area contributed by atoms with E-state index >= 15 is 0 Å². The smallest absolute Gasteiger partial charge is 0.236 e. The summed E-state index contributed by atoms with van der Waals surface area (Å²) in [5.74, 6) is -0.571. The van der Waals surface area contributed by atoms with Crippen LogP contribution < -0.4 is 16.8 Å². The molecular weight excluding hydrogens is 158 g/mol. The lowest BCUT2D eigenvalue weighted by Gasteiger charge is -2.07. The first-order chi connectivity index (χ1) is 5.57. The molecule has 5 heteroatoms. The molecule has 0 aromatic carbocycles. The molecule has 0 heterocycles. The number of amides is 2. The third kappa shape index (κ3) is 4.68. The molecule has 1 atom stereocenters. The van der Waals surface area contributed by atoms with Crippen molar-refractivity contribution in [2.45, 2.75) is 25.3 Å². The number of carbonyl (C=O) groups excluding carboxylic acids is 2. The van der Waals surface area contributed by atoms with E-state index in [1.807, 2.05) is 0 Å². The summed E-state index contributed by atoms with van der Waals surface area (Å²) in [5, 5.41) is 2.42. The van der Waals surface area contributed by atoms with Gasteiger partial charge in [0, 0.05) is 13.5 Å². The topological polar surface area (TPSA) is 98.2 Å². The molecule has 0 aromatic heterocycles. The summed E-state index contributed by atoms with van der Waals surface area (Å²) in [6.45, 7) is 0. The number of nitrogens with two attached hydrogens (primary N) is 2. The van der Waals surface area contributed by atoms with Crippen molar-refractivity contribution in [1.82, 2.24) is 5.32 Å². The van der Waals surface area contributed by atoms with Crippen molar-refractivity contribution in [3.63, 3.8) is 0 Å². The molecule has 0 rings (SSSR count). The Labute approximate surface area is 71.5 Å². The Balaban J connectivity index is 3.50. The monoisotopic (exact) mass is 173 g/mol. The summed E-state index contributed by atoms with van der Waals surface area (Å²) >= 11 is 0. The summed E-state index contributed by atoms with van der Waals surface area (Å²) in [7, 11) is 1.52. The van der Waals surface area contributed by atoms with Gasteiger partial charge in [-0.25, -0.2) is 0 Å². The maximum atomic E-state index is 10.8. The lowest BCUT2D eigenvalue weighted by molar-refractivity contribution is -0.122. The van der Waals surface area contributed by atoms with Gasteiger partial charge in [-0.2, -0.15) is 0 Å². The van der Waals surface area contributed by atoms with Crippen molar-refractivity contribution in [3.8, 4) is 0 Å². The van der Waals surface area contributed by atoms with Gasteiger partial charge in [0.05, 0.1) is 6.04 Å². The predicted molar refractivity (Wildman–Crippen MR) is 45.1 cm³/mol. The molecule has 70 valence electrons. The van der Waals surface area contributed by atoms with Gasteiger partial charge in [-0.05, 0) is 12.8 Å². The summed E-state index contributed by atoms with van der Waals surface area (Å²) < 4.78 is 0. The van der Waals surface area contributed by atoms with Gasteiger partial charge in [0.15, 0.2) is 0 Å². The highest BCUT2D eigenvalue weighted by Gasteiger charge is 2.10. The zero-order valence-corrected chi connectivity index (χ0v) is 7.17. The molecule has 0 aliphatic carbocycles. The Bertz CT molecular complexity index is 170. The largest absolute Gasteiger partial charge is 0.370 e. The highest BCUT2D eigenvalue weighted by Crippen LogP contribution is 1.97. The summed E-state index contributed by atoms with van der Waals surface area (Å²) in [4.78, 5) is 21.1. The molecule has 0 saturated carbocycles. The number of nitrogens with one attached hydrogen (secondary N) is 1. The number of likely N-dealkylation sites (N-methyl/N-ethyl adjacent to an activating group) is 1. The van der Waals surface area contributed by atoms with Crippen molar-refractivity contribution < 1.29 is 9.59 Å². The summed E-state index contributed by atoms with van der Waals surface area (Å²) in [5.41, 5.74) is 10.4. The average Bonchev–Trinajstić information content (AvgIpc) is 2.02. The second-order valence-electron chi connectivity index (χ2n) is 2.58. The van der Waals surface area contributed by atoms with Crippen LogP contribution in [-0.4, -0.2) is 24.9 Å². The Morgan fingerprint density at radius 2 is 2.08 bits per heavy atom. The van der Waals surface area contributed by atoms with E-state index < -0.39 is 6.04 Å². The van der Waals surface area contributed by atoms with Gasteiger partial charge in [-0.3, -0.25) is 9.59 Å². The zero-order valence-electron chi connectivity index (χ0n) is 7.17. The van der Waals surface area contributed by atoms with Gasteiger partial charge in [-0.1, -0.05) is 0 Å². The van der Waals surface area contributed by atoms with Crippen molar-refractivity contribution in [1.29, 1.82) is 0 Å². The normalized spacial score (nSPS) is 12.2. The highest BCUT2D eigenvalue weighted by atomic mass is 16.2. The molecule has 0 fully saturated rings. The fraction of sp³-hybridized carbons (Fsp3) is 0.714. The van der Waals surface area contributed by atoms with Crippen molar-refractivity contribution in [3.05, 3.63) is 0 Å². The number of primary amides is 1. The van der Waals surface area contributed by atoms with Crippen LogP contribution in [0.3, 0.4) is 0 Å². The Hall–Kier alpha value is -1.10. The first-order valence-corrected chi connectivity index (χ1v) is 3.83. The number of hydrogen-bond acceptors (Lipinski definition) is 3. The minimum Gasteiger partial charge on any atom is -0.370 e.